The first-order valence-electron chi connectivity index (χ1n) is 9.56. The summed E-state index contributed by atoms with van der Waals surface area (Å²) in [5.74, 6) is -0.588. The van der Waals surface area contributed by atoms with E-state index in [-0.39, 0.29) is 48.5 Å². The molecule has 0 saturated heterocycles. The molecule has 1 rings (SSSR count). The number of β-amino-alcohol motifs (C(OH)–C–C–N with tert-alkyl or cyclic N) is 2. The van der Waals surface area contributed by atoms with Gasteiger partial charge in [0.1, 0.15) is 32.3 Å². The van der Waals surface area contributed by atoms with Gasteiger partial charge >= 0.3 is 35.4 Å². The number of carbonyl (C=O) groups excluding carboxylic acids is 1. The molecule has 2 N–H and O–H groups in total. The zero-order valence-electron chi connectivity index (χ0n) is 17.0. The summed E-state index contributed by atoms with van der Waals surface area (Å²) in [4.78, 5) is 14.4. The Labute approximate surface area is 190 Å². The molecule has 0 radical (unpaired) electrons. The summed E-state index contributed by atoms with van der Waals surface area (Å²) in [5.41, 5.74) is 0. The summed E-state index contributed by atoms with van der Waals surface area (Å²) < 4.78 is 34.0. The van der Waals surface area contributed by atoms with E-state index in [9.17, 15) is 28.0 Å². The first-order chi connectivity index (χ1) is 12.8. The average Bonchev–Trinajstić information content (AvgIpc) is 2.94. The molecular weight excluding hydrogens is 395 g/mol. The van der Waals surface area contributed by atoms with Gasteiger partial charge in [0, 0.05) is 6.42 Å². The monoisotopic (exact) mass is 427 g/mol. The van der Waals surface area contributed by atoms with E-state index in [2.05, 4.69) is 19.1 Å². The van der Waals surface area contributed by atoms with Crippen molar-refractivity contribution in [2.75, 3.05) is 38.5 Å². The number of aliphatic hydroxyl groups is 2. The number of hydrogen-bond donors (Lipinski definition) is 2. The van der Waals surface area contributed by atoms with Crippen molar-refractivity contribution < 1.29 is 62.1 Å². The van der Waals surface area contributed by atoms with E-state index < -0.39 is 22.0 Å². The summed E-state index contributed by atoms with van der Waals surface area (Å²) in [6, 6.07) is 0. The molecule has 1 unspecified atom stereocenters. The topological polar surface area (TPSA) is 121 Å². The Bertz CT molecular complexity index is 636. The summed E-state index contributed by atoms with van der Waals surface area (Å²) in [6.07, 6.45) is 8.03. The zero-order chi connectivity index (χ0) is 20.3. The first kappa shape index (κ1) is 27.7. The molecule has 0 aromatic rings. The Morgan fingerprint density at radius 1 is 1.32 bits per heavy atom. The minimum atomic E-state index is -4.54. The van der Waals surface area contributed by atoms with Gasteiger partial charge in [0.15, 0.2) is 0 Å². The van der Waals surface area contributed by atoms with Crippen molar-refractivity contribution in [2.45, 2.75) is 51.6 Å². The van der Waals surface area contributed by atoms with Crippen molar-refractivity contribution in [3.05, 3.63) is 12.2 Å². The maximum Gasteiger partial charge on any atom is 1.00 e. The number of Topliss-reactive ketones (excluding diaryl/α,β-unsaturated/α-hetero) is 1. The minimum absolute atomic E-state index is 0. The molecule has 0 spiro atoms. The molecule has 1 heterocycles. The molecule has 0 aromatic heterocycles. The van der Waals surface area contributed by atoms with Crippen molar-refractivity contribution in [2.24, 2.45) is 0 Å². The van der Waals surface area contributed by atoms with Crippen LogP contribution in [0.25, 0.3) is 0 Å². The fourth-order valence-corrected chi connectivity index (χ4v) is 3.69. The summed E-state index contributed by atoms with van der Waals surface area (Å²) in [5, 5.41) is 19.1. The molecule has 1 aliphatic rings. The van der Waals surface area contributed by atoms with Crippen LogP contribution in [0.4, 0.5) is 0 Å². The maximum absolute atomic E-state index is 12.7. The number of unbranched alkanes of at least 4 members (excludes halogenated alkanes) is 3. The molecule has 1 atom stereocenters. The number of aliphatic hydroxyl groups excluding tert-OH is 2. The van der Waals surface area contributed by atoms with Crippen LogP contribution < -0.4 is 29.6 Å². The largest absolute Gasteiger partial charge is 1.00 e. The Kier molecular flexibility index (Phi) is 14.5. The molecule has 0 aromatic carbocycles. The number of nitrogens with zero attached hydrogens (tertiary/aromatic N) is 2. The predicted molar refractivity (Wildman–Crippen MR) is 102 cm³/mol. The van der Waals surface area contributed by atoms with E-state index in [1.165, 1.54) is 0 Å². The SMILES string of the molecule is CCCC/C=C/CCCC(=O)C1=[N+](CC(O)CS(=O)(=O)[O-])CCN1CCO.[Na+]. The van der Waals surface area contributed by atoms with Crippen LogP contribution in [0.5, 0.6) is 0 Å². The van der Waals surface area contributed by atoms with Crippen LogP contribution >= 0.6 is 0 Å². The number of rotatable bonds is 14. The predicted octanol–water partition coefficient (Wildman–Crippen LogP) is -2.90. The van der Waals surface area contributed by atoms with Crippen molar-refractivity contribution in [3.8, 4) is 0 Å². The molecule has 8 nitrogen and oxygen atoms in total. The van der Waals surface area contributed by atoms with Gasteiger partial charge in [-0.25, -0.2) is 8.42 Å². The number of allylic oxidation sites excluding steroid dienone is 2. The van der Waals surface area contributed by atoms with E-state index >= 15 is 0 Å². The van der Waals surface area contributed by atoms with Crippen LogP contribution in [0, 0.1) is 0 Å². The second-order valence-electron chi connectivity index (χ2n) is 6.79. The summed E-state index contributed by atoms with van der Waals surface area (Å²) >= 11 is 0. The van der Waals surface area contributed by atoms with Crippen LogP contribution in [0.2, 0.25) is 0 Å². The fourth-order valence-electron chi connectivity index (χ4n) is 3.11. The Morgan fingerprint density at radius 3 is 2.54 bits per heavy atom. The smallest absolute Gasteiger partial charge is 0.748 e. The van der Waals surface area contributed by atoms with Gasteiger partial charge in [-0.1, -0.05) is 31.9 Å². The van der Waals surface area contributed by atoms with E-state index in [0.29, 0.717) is 38.3 Å². The van der Waals surface area contributed by atoms with Gasteiger partial charge < -0.3 is 14.8 Å². The molecule has 1 aliphatic heterocycles. The molecule has 0 aliphatic carbocycles. The number of amidine groups is 1. The van der Waals surface area contributed by atoms with Gasteiger partial charge in [-0.3, -0.25) is 14.3 Å². The van der Waals surface area contributed by atoms with E-state index in [1.807, 2.05) is 0 Å². The summed E-state index contributed by atoms with van der Waals surface area (Å²) in [6.45, 7) is 3.18. The molecule has 10 heteroatoms. The minimum Gasteiger partial charge on any atom is -0.748 e. The standard InChI is InChI=1S/C18H32N2O6S.Na/c1-2-3-4-5-6-7-8-9-17(23)18-19(12-13-21)10-11-20(18)14-16(22)15-27(24,25)26;/h5-6,16,21-22H,2-4,7-15H2,1H3;/q;+1/b6-5+;. The van der Waals surface area contributed by atoms with Gasteiger partial charge in [0.25, 0.3) is 0 Å². The Morgan fingerprint density at radius 2 is 1.96 bits per heavy atom. The Hall–Kier alpha value is -0.290. The maximum atomic E-state index is 12.7. The molecule has 28 heavy (non-hydrogen) atoms. The van der Waals surface area contributed by atoms with Crippen LogP contribution in [0.1, 0.15) is 45.4 Å². The fraction of sp³-hybridized carbons (Fsp3) is 0.778. The Balaban J connectivity index is 0.00000729. The molecular formula is C18H32N2NaO6S+. The molecule has 0 fully saturated rings. The average molecular weight is 428 g/mol. The van der Waals surface area contributed by atoms with Gasteiger partial charge in [-0.05, 0) is 19.3 Å². The van der Waals surface area contributed by atoms with Gasteiger partial charge in [0.05, 0.1) is 22.5 Å². The van der Waals surface area contributed by atoms with Crippen LogP contribution in [0.3, 0.4) is 0 Å². The van der Waals surface area contributed by atoms with Crippen molar-refractivity contribution >= 4 is 21.7 Å². The van der Waals surface area contributed by atoms with Crippen LogP contribution in [-0.4, -0.2) is 88.9 Å². The quantitative estimate of drug-likeness (QED) is 0.100. The summed E-state index contributed by atoms with van der Waals surface area (Å²) in [7, 11) is -4.54. The second-order valence-corrected chi connectivity index (χ2v) is 8.24. The third-order valence-corrected chi connectivity index (χ3v) is 5.14. The third kappa shape index (κ3) is 11.0. The molecule has 156 valence electrons. The molecule has 0 amide bonds. The number of ketones is 1. The van der Waals surface area contributed by atoms with Gasteiger partial charge in [0.2, 0.25) is 5.78 Å². The third-order valence-electron chi connectivity index (χ3n) is 4.35. The van der Waals surface area contributed by atoms with Crippen LogP contribution in [-0.2, 0) is 14.9 Å². The van der Waals surface area contributed by atoms with Crippen molar-refractivity contribution in [1.29, 1.82) is 0 Å². The molecule has 0 saturated carbocycles. The second kappa shape index (κ2) is 14.7. The number of carbonyl (C=O) groups is 1. The normalized spacial score (nSPS) is 15.9. The first-order valence-corrected chi connectivity index (χ1v) is 11.1. The van der Waals surface area contributed by atoms with Gasteiger partial charge in [-0.15, -0.1) is 0 Å². The zero-order valence-corrected chi connectivity index (χ0v) is 19.9. The molecule has 0 bridgehead atoms. The van der Waals surface area contributed by atoms with Crippen LogP contribution in [0.15, 0.2) is 12.2 Å². The van der Waals surface area contributed by atoms with Crippen molar-refractivity contribution in [3.63, 3.8) is 0 Å². The van der Waals surface area contributed by atoms with E-state index in [1.54, 1.807) is 9.48 Å². The van der Waals surface area contributed by atoms with Crippen molar-refractivity contribution in [1.82, 2.24) is 4.90 Å². The van der Waals surface area contributed by atoms with E-state index in [0.717, 1.165) is 25.7 Å². The van der Waals surface area contributed by atoms with Gasteiger partial charge in [-0.2, -0.15) is 0 Å². The number of hydrogen-bond acceptors (Lipinski definition) is 7. The van der Waals surface area contributed by atoms with E-state index in [4.69, 9.17) is 0 Å².